The first-order chi connectivity index (χ1) is 8.08. The molecule has 90 valence electrons. The molecule has 0 atom stereocenters. The van der Waals surface area contributed by atoms with Gasteiger partial charge in [-0.15, -0.1) is 0 Å². The summed E-state index contributed by atoms with van der Waals surface area (Å²) in [7, 11) is 3.95. The van der Waals surface area contributed by atoms with Crippen LogP contribution in [0.4, 0.5) is 0 Å². The molecule has 2 N–H and O–H groups in total. The third-order valence-electron chi connectivity index (χ3n) is 2.68. The first kappa shape index (κ1) is 12.0. The highest BCUT2D eigenvalue weighted by Crippen LogP contribution is 2.18. The van der Waals surface area contributed by atoms with Crippen molar-refractivity contribution in [3.63, 3.8) is 0 Å². The summed E-state index contributed by atoms with van der Waals surface area (Å²) in [5.74, 6) is 0. The minimum atomic E-state index is 0.507. The lowest BCUT2D eigenvalue weighted by Gasteiger charge is -2.13. The fourth-order valence-corrected chi connectivity index (χ4v) is 2.20. The molecule has 0 fully saturated rings. The lowest BCUT2D eigenvalue weighted by molar-refractivity contribution is 0.369. The number of nitrogens with two attached hydrogens (primary N) is 1. The second-order valence-electron chi connectivity index (χ2n) is 4.23. The van der Waals surface area contributed by atoms with Crippen molar-refractivity contribution in [2.45, 2.75) is 6.54 Å². The molecule has 4 nitrogen and oxygen atoms in total. The van der Waals surface area contributed by atoms with Gasteiger partial charge in [0.25, 0.3) is 0 Å². The fraction of sp³-hybridized carbons (Fsp3) is 0.333. The third-order valence-corrected chi connectivity index (χ3v) is 2.81. The molecular formula is C12H16N4S. The number of aryl methyl sites for hydroxylation is 1. The van der Waals surface area contributed by atoms with Crippen LogP contribution in [-0.4, -0.2) is 33.3 Å². The number of hydrogen-bond acceptors (Lipinski definition) is 3. The van der Waals surface area contributed by atoms with Crippen LogP contribution in [0.5, 0.6) is 0 Å². The lowest BCUT2D eigenvalue weighted by atomic mass is 10.2. The Hall–Kier alpha value is -1.46. The zero-order chi connectivity index (χ0) is 12.4. The van der Waals surface area contributed by atoms with E-state index in [1.54, 1.807) is 0 Å². The fourth-order valence-electron chi connectivity index (χ4n) is 1.98. The van der Waals surface area contributed by atoms with Crippen LogP contribution in [-0.2, 0) is 13.6 Å². The zero-order valence-electron chi connectivity index (χ0n) is 10.1. The van der Waals surface area contributed by atoms with E-state index >= 15 is 0 Å². The van der Waals surface area contributed by atoms with Gasteiger partial charge in [0, 0.05) is 25.5 Å². The molecule has 0 radical (unpaired) electrons. The summed E-state index contributed by atoms with van der Waals surface area (Å²) in [5, 5.41) is 5.71. The van der Waals surface area contributed by atoms with Gasteiger partial charge in [-0.3, -0.25) is 9.58 Å². The van der Waals surface area contributed by atoms with E-state index < -0.39 is 0 Å². The van der Waals surface area contributed by atoms with Crippen LogP contribution < -0.4 is 5.73 Å². The molecule has 2 aromatic rings. The van der Waals surface area contributed by atoms with Gasteiger partial charge in [-0.1, -0.05) is 30.4 Å². The van der Waals surface area contributed by atoms with E-state index in [9.17, 15) is 0 Å². The van der Waals surface area contributed by atoms with Crippen LogP contribution in [0.3, 0.4) is 0 Å². The largest absolute Gasteiger partial charge is 0.392 e. The number of thiocarbonyl (C=S) groups is 1. The SMILES string of the molecule is CN(CC(N)=S)Cc1nn(C)c2ccccc12. The minimum absolute atomic E-state index is 0.507. The Balaban J connectivity index is 2.27. The molecule has 5 heteroatoms. The number of nitrogens with zero attached hydrogens (tertiary/aromatic N) is 3. The van der Waals surface area contributed by atoms with Gasteiger partial charge in [0.15, 0.2) is 0 Å². The highest BCUT2D eigenvalue weighted by Gasteiger charge is 2.10. The average molecular weight is 248 g/mol. The van der Waals surface area contributed by atoms with Crippen LogP contribution in [0.2, 0.25) is 0 Å². The average Bonchev–Trinajstić information content (AvgIpc) is 2.55. The lowest BCUT2D eigenvalue weighted by Crippen LogP contribution is -2.29. The number of aromatic nitrogens is 2. The van der Waals surface area contributed by atoms with Crippen molar-refractivity contribution in [3.8, 4) is 0 Å². The van der Waals surface area contributed by atoms with Crippen molar-refractivity contribution in [2.24, 2.45) is 12.8 Å². The normalized spacial score (nSPS) is 11.2. The van der Waals surface area contributed by atoms with Crippen LogP contribution in [0.1, 0.15) is 5.69 Å². The first-order valence-corrected chi connectivity index (χ1v) is 5.86. The molecule has 0 saturated carbocycles. The number of benzene rings is 1. The molecule has 0 bridgehead atoms. The van der Waals surface area contributed by atoms with Crippen molar-refractivity contribution in [3.05, 3.63) is 30.0 Å². The van der Waals surface area contributed by atoms with Crippen molar-refractivity contribution < 1.29 is 0 Å². The molecule has 1 aromatic heterocycles. The molecular weight excluding hydrogens is 232 g/mol. The van der Waals surface area contributed by atoms with E-state index in [1.165, 1.54) is 5.39 Å². The summed E-state index contributed by atoms with van der Waals surface area (Å²) in [4.78, 5) is 2.57. The van der Waals surface area contributed by atoms with E-state index in [-0.39, 0.29) is 0 Å². The Bertz CT molecular complexity index is 546. The van der Waals surface area contributed by atoms with Crippen LogP contribution in [0.15, 0.2) is 24.3 Å². The van der Waals surface area contributed by atoms with Crippen molar-refractivity contribution >= 4 is 28.1 Å². The zero-order valence-corrected chi connectivity index (χ0v) is 10.9. The predicted molar refractivity (Wildman–Crippen MR) is 73.8 cm³/mol. The molecule has 0 unspecified atom stereocenters. The summed E-state index contributed by atoms with van der Waals surface area (Å²) in [6.07, 6.45) is 0. The van der Waals surface area contributed by atoms with Crippen LogP contribution >= 0.6 is 12.2 Å². The number of likely N-dealkylation sites (N-methyl/N-ethyl adjacent to an activating group) is 1. The van der Waals surface area contributed by atoms with Gasteiger partial charge in [0.05, 0.1) is 16.2 Å². The Morgan fingerprint density at radius 1 is 1.47 bits per heavy atom. The maximum absolute atomic E-state index is 5.53. The second kappa shape index (κ2) is 4.81. The minimum Gasteiger partial charge on any atom is -0.392 e. The van der Waals surface area contributed by atoms with Crippen molar-refractivity contribution in [1.82, 2.24) is 14.7 Å². The van der Waals surface area contributed by atoms with E-state index in [0.29, 0.717) is 11.5 Å². The van der Waals surface area contributed by atoms with Crippen LogP contribution in [0.25, 0.3) is 10.9 Å². The summed E-state index contributed by atoms with van der Waals surface area (Å²) in [6, 6.07) is 8.21. The summed E-state index contributed by atoms with van der Waals surface area (Å²) in [6.45, 7) is 1.36. The van der Waals surface area contributed by atoms with Gasteiger partial charge < -0.3 is 5.73 Å². The summed E-state index contributed by atoms with van der Waals surface area (Å²) in [5.41, 5.74) is 7.73. The van der Waals surface area contributed by atoms with Crippen molar-refractivity contribution in [1.29, 1.82) is 0 Å². The smallest absolute Gasteiger partial charge is 0.0870 e. The van der Waals surface area contributed by atoms with E-state index in [0.717, 1.165) is 17.8 Å². The topological polar surface area (TPSA) is 47.1 Å². The Kier molecular flexibility index (Phi) is 3.40. The summed E-state index contributed by atoms with van der Waals surface area (Å²) >= 11 is 4.90. The monoisotopic (exact) mass is 248 g/mol. The van der Waals surface area contributed by atoms with Crippen LogP contribution in [0, 0.1) is 0 Å². The molecule has 1 heterocycles. The van der Waals surface area contributed by atoms with Gasteiger partial charge in [0.1, 0.15) is 0 Å². The molecule has 0 aliphatic rings. The molecule has 2 rings (SSSR count). The molecule has 17 heavy (non-hydrogen) atoms. The Labute approximate surface area is 106 Å². The number of fused-ring (bicyclic) bond motifs is 1. The highest BCUT2D eigenvalue weighted by atomic mass is 32.1. The molecule has 0 amide bonds. The standard InChI is InChI=1S/C12H16N4S/c1-15(8-12(13)17)7-10-9-5-3-4-6-11(9)16(2)14-10/h3-6H,7-8H2,1-2H3,(H2,13,17). The van der Waals surface area contributed by atoms with E-state index in [1.807, 2.05) is 30.9 Å². The van der Waals surface area contributed by atoms with E-state index in [4.69, 9.17) is 18.0 Å². The van der Waals surface area contributed by atoms with Gasteiger partial charge in [0.2, 0.25) is 0 Å². The van der Waals surface area contributed by atoms with Crippen molar-refractivity contribution in [2.75, 3.05) is 13.6 Å². The third kappa shape index (κ3) is 2.62. The highest BCUT2D eigenvalue weighted by molar-refractivity contribution is 7.80. The number of para-hydroxylation sites is 1. The van der Waals surface area contributed by atoms with E-state index in [2.05, 4.69) is 22.1 Å². The molecule has 0 aliphatic carbocycles. The van der Waals surface area contributed by atoms with Gasteiger partial charge in [-0.2, -0.15) is 5.10 Å². The number of rotatable bonds is 4. The second-order valence-corrected chi connectivity index (χ2v) is 4.75. The Morgan fingerprint density at radius 2 is 2.18 bits per heavy atom. The maximum atomic E-state index is 5.53. The van der Waals surface area contributed by atoms with Gasteiger partial charge in [-0.05, 0) is 13.1 Å². The molecule has 0 aliphatic heterocycles. The molecule has 0 spiro atoms. The maximum Gasteiger partial charge on any atom is 0.0870 e. The quantitative estimate of drug-likeness (QED) is 0.828. The predicted octanol–water partition coefficient (Wildman–Crippen LogP) is 1.29. The molecule has 1 aromatic carbocycles. The Morgan fingerprint density at radius 3 is 2.88 bits per heavy atom. The first-order valence-electron chi connectivity index (χ1n) is 5.45. The van der Waals surface area contributed by atoms with Gasteiger partial charge in [-0.25, -0.2) is 0 Å². The van der Waals surface area contributed by atoms with Gasteiger partial charge >= 0.3 is 0 Å². The molecule has 0 saturated heterocycles. The summed E-state index contributed by atoms with van der Waals surface area (Å²) < 4.78 is 1.90. The number of hydrogen-bond donors (Lipinski definition) is 1.